The van der Waals surface area contributed by atoms with Crippen LogP contribution in [0.4, 0.5) is 0 Å². The van der Waals surface area contributed by atoms with Crippen LogP contribution in [0.2, 0.25) is 5.02 Å². The van der Waals surface area contributed by atoms with E-state index in [-0.39, 0.29) is 18.6 Å². The van der Waals surface area contributed by atoms with Crippen molar-refractivity contribution in [3.63, 3.8) is 0 Å². The second-order valence-electron chi connectivity index (χ2n) is 5.58. The van der Waals surface area contributed by atoms with Gasteiger partial charge < -0.3 is 15.2 Å². The highest BCUT2D eigenvalue weighted by Gasteiger charge is 2.19. The van der Waals surface area contributed by atoms with Crippen LogP contribution in [-0.2, 0) is 9.53 Å². The van der Waals surface area contributed by atoms with E-state index in [9.17, 15) is 9.59 Å². The lowest BCUT2D eigenvalue weighted by molar-refractivity contribution is -0.136. The van der Waals surface area contributed by atoms with E-state index in [1.54, 1.807) is 50.4 Å². The van der Waals surface area contributed by atoms with Crippen LogP contribution in [0.5, 0.6) is 0 Å². The molecule has 2 aromatic carbocycles. The van der Waals surface area contributed by atoms with Gasteiger partial charge in [0.15, 0.2) is 0 Å². The Kier molecular flexibility index (Phi) is 7.50. The second-order valence-corrected chi connectivity index (χ2v) is 7.40. The minimum absolute atomic E-state index is 0.276. The van der Waals surface area contributed by atoms with Gasteiger partial charge in [-0.3, -0.25) is 9.59 Å². The summed E-state index contributed by atoms with van der Waals surface area (Å²) in [5.41, 5.74) is 1.34. The summed E-state index contributed by atoms with van der Waals surface area (Å²) >= 11 is 7.03. The molecule has 26 heavy (non-hydrogen) atoms. The number of amides is 1. The standard InChI is InChI=1S/C19H20ClNO4S/c1-12(19(23)24)26-17-6-4-3-5-15(17)18(22)21-11-16(25-2)13-7-9-14(20)10-8-13/h3-10,12,16H,11H2,1-2H3,(H,21,22)(H,23,24). The summed E-state index contributed by atoms with van der Waals surface area (Å²) in [4.78, 5) is 24.3. The van der Waals surface area contributed by atoms with Crippen molar-refractivity contribution in [3.05, 3.63) is 64.7 Å². The van der Waals surface area contributed by atoms with E-state index >= 15 is 0 Å². The summed E-state index contributed by atoms with van der Waals surface area (Å²) in [5, 5.41) is 11.9. The number of carboxylic acid groups (broad SMARTS) is 1. The van der Waals surface area contributed by atoms with E-state index < -0.39 is 11.2 Å². The number of ether oxygens (including phenoxy) is 1. The lowest BCUT2D eigenvalue weighted by atomic mass is 10.1. The third-order valence-electron chi connectivity index (χ3n) is 3.76. The minimum Gasteiger partial charge on any atom is -0.480 e. The van der Waals surface area contributed by atoms with Gasteiger partial charge in [-0.25, -0.2) is 0 Å². The molecule has 5 nitrogen and oxygen atoms in total. The highest BCUT2D eigenvalue weighted by molar-refractivity contribution is 8.00. The van der Waals surface area contributed by atoms with E-state index in [0.717, 1.165) is 17.3 Å². The number of methoxy groups -OCH3 is 1. The van der Waals surface area contributed by atoms with Crippen LogP contribution in [0.3, 0.4) is 0 Å². The molecule has 0 aliphatic carbocycles. The Hall–Kier alpha value is -2.02. The number of nitrogens with one attached hydrogen (secondary N) is 1. The number of carbonyl (C=O) groups is 2. The van der Waals surface area contributed by atoms with Crippen LogP contribution in [-0.4, -0.2) is 35.9 Å². The average molecular weight is 394 g/mol. The van der Waals surface area contributed by atoms with Gasteiger partial charge in [-0.1, -0.05) is 35.9 Å². The van der Waals surface area contributed by atoms with Crippen molar-refractivity contribution in [2.24, 2.45) is 0 Å². The number of thioether (sulfide) groups is 1. The number of rotatable bonds is 8. The van der Waals surface area contributed by atoms with Crippen LogP contribution < -0.4 is 5.32 Å². The molecule has 2 N–H and O–H groups in total. The Morgan fingerprint density at radius 1 is 1.19 bits per heavy atom. The zero-order valence-corrected chi connectivity index (χ0v) is 16.0. The van der Waals surface area contributed by atoms with Crippen molar-refractivity contribution in [1.29, 1.82) is 0 Å². The first-order valence-corrected chi connectivity index (χ1v) is 9.23. The molecule has 0 aromatic heterocycles. The third kappa shape index (κ3) is 5.49. The van der Waals surface area contributed by atoms with Gasteiger partial charge >= 0.3 is 5.97 Å². The number of carbonyl (C=O) groups excluding carboxylic acids is 1. The first kappa shape index (κ1) is 20.3. The van der Waals surface area contributed by atoms with E-state index in [0.29, 0.717) is 15.5 Å². The Morgan fingerprint density at radius 2 is 1.85 bits per heavy atom. The Bertz CT molecular complexity index is 766. The normalized spacial score (nSPS) is 13.0. The van der Waals surface area contributed by atoms with Gasteiger partial charge in [0.25, 0.3) is 5.91 Å². The molecule has 0 heterocycles. The van der Waals surface area contributed by atoms with E-state index in [2.05, 4.69) is 5.32 Å². The fourth-order valence-electron chi connectivity index (χ4n) is 2.29. The lowest BCUT2D eigenvalue weighted by Gasteiger charge is -2.17. The summed E-state index contributed by atoms with van der Waals surface area (Å²) in [6.45, 7) is 1.87. The summed E-state index contributed by atoms with van der Waals surface area (Å²) < 4.78 is 5.45. The van der Waals surface area contributed by atoms with Gasteiger partial charge in [0, 0.05) is 23.6 Å². The Balaban J connectivity index is 2.07. The first-order chi connectivity index (χ1) is 12.4. The molecule has 2 rings (SSSR count). The molecule has 0 radical (unpaired) electrons. The SMILES string of the molecule is COC(CNC(=O)c1ccccc1SC(C)C(=O)O)c1ccc(Cl)cc1. The zero-order valence-electron chi connectivity index (χ0n) is 14.4. The lowest BCUT2D eigenvalue weighted by Crippen LogP contribution is -2.29. The van der Waals surface area contributed by atoms with Crippen molar-refractivity contribution in [2.75, 3.05) is 13.7 Å². The molecule has 0 bridgehead atoms. The maximum absolute atomic E-state index is 12.6. The summed E-state index contributed by atoms with van der Waals surface area (Å²) in [6.07, 6.45) is -0.311. The molecule has 7 heteroatoms. The van der Waals surface area contributed by atoms with Crippen LogP contribution >= 0.6 is 23.4 Å². The fourth-order valence-corrected chi connectivity index (χ4v) is 3.35. The quantitative estimate of drug-likeness (QED) is 0.662. The van der Waals surface area contributed by atoms with Crippen molar-refractivity contribution in [2.45, 2.75) is 23.2 Å². The molecule has 2 aromatic rings. The van der Waals surface area contributed by atoms with E-state index in [1.807, 2.05) is 12.1 Å². The van der Waals surface area contributed by atoms with Gasteiger partial charge in [0.2, 0.25) is 0 Å². The van der Waals surface area contributed by atoms with E-state index in [4.69, 9.17) is 21.4 Å². The molecular formula is C19H20ClNO4S. The van der Waals surface area contributed by atoms with E-state index in [1.165, 1.54) is 0 Å². The molecule has 0 aliphatic rings. The predicted octanol–water partition coefficient (Wildman–Crippen LogP) is 4.02. The third-order valence-corrected chi connectivity index (χ3v) is 5.17. The second kappa shape index (κ2) is 9.62. The molecule has 2 atom stereocenters. The molecule has 0 saturated carbocycles. The number of hydrogen-bond donors (Lipinski definition) is 2. The summed E-state index contributed by atoms with van der Waals surface area (Å²) in [7, 11) is 1.57. The highest BCUT2D eigenvalue weighted by Crippen LogP contribution is 2.27. The summed E-state index contributed by atoms with van der Waals surface area (Å²) in [6, 6.07) is 14.2. The Morgan fingerprint density at radius 3 is 2.46 bits per heavy atom. The van der Waals surface area contributed by atoms with Gasteiger partial charge in [0.1, 0.15) is 5.25 Å². The fraction of sp³-hybridized carbons (Fsp3) is 0.263. The maximum Gasteiger partial charge on any atom is 0.316 e. The molecule has 138 valence electrons. The van der Waals surface area contributed by atoms with Crippen LogP contribution in [0.15, 0.2) is 53.4 Å². The first-order valence-electron chi connectivity index (χ1n) is 7.97. The Labute approximate surface area is 161 Å². The van der Waals surface area contributed by atoms with Crippen molar-refractivity contribution < 1.29 is 19.4 Å². The number of benzene rings is 2. The number of carboxylic acids is 1. The molecular weight excluding hydrogens is 374 g/mol. The van der Waals surface area contributed by atoms with Gasteiger partial charge in [-0.2, -0.15) is 0 Å². The molecule has 0 spiro atoms. The molecule has 0 aliphatic heterocycles. The molecule has 0 saturated heterocycles. The number of aliphatic carboxylic acids is 1. The summed E-state index contributed by atoms with van der Waals surface area (Å²) in [5.74, 6) is -1.20. The van der Waals surface area contributed by atoms with Crippen LogP contribution in [0, 0.1) is 0 Å². The smallest absolute Gasteiger partial charge is 0.316 e. The van der Waals surface area contributed by atoms with Crippen LogP contribution in [0.1, 0.15) is 28.9 Å². The molecule has 0 fully saturated rings. The van der Waals surface area contributed by atoms with Crippen molar-refractivity contribution in [1.82, 2.24) is 5.32 Å². The number of hydrogen-bond acceptors (Lipinski definition) is 4. The highest BCUT2D eigenvalue weighted by atomic mass is 35.5. The van der Waals surface area contributed by atoms with Crippen molar-refractivity contribution >= 4 is 35.2 Å². The van der Waals surface area contributed by atoms with Crippen molar-refractivity contribution in [3.8, 4) is 0 Å². The monoisotopic (exact) mass is 393 g/mol. The predicted molar refractivity (Wildman–Crippen MR) is 103 cm³/mol. The zero-order chi connectivity index (χ0) is 19.1. The minimum atomic E-state index is -0.924. The maximum atomic E-state index is 12.6. The molecule has 2 unspecified atom stereocenters. The van der Waals surface area contributed by atoms with Gasteiger partial charge in [0.05, 0.1) is 11.7 Å². The number of halogens is 1. The topological polar surface area (TPSA) is 75.6 Å². The van der Waals surface area contributed by atoms with Gasteiger partial charge in [-0.15, -0.1) is 11.8 Å². The average Bonchev–Trinajstić information content (AvgIpc) is 2.63. The largest absolute Gasteiger partial charge is 0.480 e. The van der Waals surface area contributed by atoms with Gasteiger partial charge in [-0.05, 0) is 36.8 Å². The molecule has 1 amide bonds. The van der Waals surface area contributed by atoms with Crippen LogP contribution in [0.25, 0.3) is 0 Å².